The molecule has 4 heterocycles. The summed E-state index contributed by atoms with van der Waals surface area (Å²) in [5.74, 6) is 1.11. The minimum atomic E-state index is -4.45. The molecule has 0 saturated carbocycles. The van der Waals surface area contributed by atoms with Crippen LogP contribution in [0.3, 0.4) is 0 Å². The minimum Gasteiger partial charge on any atom is -0.491 e. The molecule has 0 radical (unpaired) electrons. The first-order chi connectivity index (χ1) is 16.6. The van der Waals surface area contributed by atoms with Crippen molar-refractivity contribution in [3.63, 3.8) is 0 Å². The quantitative estimate of drug-likeness (QED) is 0.443. The van der Waals surface area contributed by atoms with E-state index in [1.165, 1.54) is 17.2 Å². The van der Waals surface area contributed by atoms with Gasteiger partial charge in [-0.05, 0) is 57.0 Å². The predicted molar refractivity (Wildman–Crippen MR) is 127 cm³/mol. The summed E-state index contributed by atoms with van der Waals surface area (Å²) in [6.07, 6.45) is -2.43. The van der Waals surface area contributed by atoms with Gasteiger partial charge in [0.2, 0.25) is 0 Å². The van der Waals surface area contributed by atoms with E-state index in [0.717, 1.165) is 22.2 Å². The first-order valence-electron chi connectivity index (χ1n) is 11.6. The van der Waals surface area contributed by atoms with Gasteiger partial charge in [-0.25, -0.2) is 4.98 Å². The summed E-state index contributed by atoms with van der Waals surface area (Å²) in [5, 5.41) is 9.34. The molecule has 1 aliphatic heterocycles. The van der Waals surface area contributed by atoms with Gasteiger partial charge in [-0.3, -0.25) is 9.30 Å². The molecule has 1 saturated heterocycles. The van der Waals surface area contributed by atoms with E-state index in [1.807, 2.05) is 39.0 Å². The average molecular weight is 485 g/mol. The molecule has 2 N–H and O–H groups in total. The second-order valence-electron chi connectivity index (χ2n) is 9.33. The molecule has 0 spiro atoms. The highest BCUT2D eigenvalue weighted by molar-refractivity contribution is 5.85. The Morgan fingerprint density at radius 2 is 1.86 bits per heavy atom. The molecule has 7 nitrogen and oxygen atoms in total. The van der Waals surface area contributed by atoms with Crippen molar-refractivity contribution in [2.24, 2.45) is 5.73 Å². The molecule has 0 unspecified atom stereocenters. The number of pyridine rings is 2. The molecular formula is C25H27F3N6O. The summed E-state index contributed by atoms with van der Waals surface area (Å²) < 4.78 is 49.9. The van der Waals surface area contributed by atoms with Crippen LogP contribution in [0.25, 0.3) is 28.1 Å². The zero-order chi connectivity index (χ0) is 24.9. The zero-order valence-electron chi connectivity index (χ0n) is 19.8. The molecule has 4 aromatic rings. The van der Waals surface area contributed by atoms with Crippen molar-refractivity contribution in [1.29, 1.82) is 0 Å². The van der Waals surface area contributed by atoms with E-state index in [1.54, 1.807) is 16.5 Å². The summed E-state index contributed by atoms with van der Waals surface area (Å²) in [6, 6.07) is 8.57. The molecule has 5 rings (SSSR count). The average Bonchev–Trinajstić information content (AvgIpc) is 3.40. The topological polar surface area (TPSA) is 81.6 Å². The number of hydrogen-bond acceptors (Lipinski definition) is 6. The Morgan fingerprint density at radius 1 is 1.09 bits per heavy atom. The van der Waals surface area contributed by atoms with Gasteiger partial charge < -0.3 is 10.5 Å². The van der Waals surface area contributed by atoms with Crippen molar-refractivity contribution in [2.45, 2.75) is 51.6 Å². The smallest absolute Gasteiger partial charge is 0.408 e. The molecular weight excluding hydrogens is 457 g/mol. The maximum Gasteiger partial charge on any atom is 0.408 e. The predicted octanol–water partition coefficient (Wildman–Crippen LogP) is 4.68. The molecule has 1 fully saturated rings. The summed E-state index contributed by atoms with van der Waals surface area (Å²) in [6.45, 7) is 6.34. The van der Waals surface area contributed by atoms with Crippen molar-refractivity contribution >= 4 is 16.6 Å². The summed E-state index contributed by atoms with van der Waals surface area (Å²) >= 11 is 0. The lowest BCUT2D eigenvalue weighted by molar-refractivity contribution is -0.183. The number of fused-ring (bicyclic) bond motifs is 2. The SMILES string of the molecule is Cc1c(OC(C)C)ccc2ccc(-c3nnc4ccc([C@@H](N5CC[C@H](N)C5)C(F)(F)F)cn34)nc12. The number of likely N-dealkylation sites (tertiary alicyclic amines) is 1. The summed E-state index contributed by atoms with van der Waals surface area (Å²) in [4.78, 5) is 6.19. The van der Waals surface area contributed by atoms with Crippen LogP contribution in [-0.4, -0.2) is 55.9 Å². The van der Waals surface area contributed by atoms with Crippen LogP contribution in [0.15, 0.2) is 42.6 Å². The number of ether oxygens (including phenoxy) is 1. The summed E-state index contributed by atoms with van der Waals surface area (Å²) in [7, 11) is 0. The van der Waals surface area contributed by atoms with E-state index >= 15 is 0 Å². The maximum absolute atomic E-state index is 14.1. The van der Waals surface area contributed by atoms with Crippen LogP contribution in [-0.2, 0) is 0 Å². The molecule has 35 heavy (non-hydrogen) atoms. The fraction of sp³-hybridized carbons (Fsp3) is 0.400. The third-order valence-corrected chi connectivity index (χ3v) is 6.33. The molecule has 10 heteroatoms. The van der Waals surface area contributed by atoms with Gasteiger partial charge in [-0.2, -0.15) is 13.2 Å². The second-order valence-corrected chi connectivity index (χ2v) is 9.33. The number of nitrogens with two attached hydrogens (primary N) is 1. The molecule has 3 aromatic heterocycles. The Morgan fingerprint density at radius 3 is 2.54 bits per heavy atom. The largest absolute Gasteiger partial charge is 0.491 e. The first-order valence-corrected chi connectivity index (χ1v) is 11.6. The Hall–Kier alpha value is -3.24. The van der Waals surface area contributed by atoms with E-state index in [2.05, 4.69) is 10.2 Å². The summed E-state index contributed by atoms with van der Waals surface area (Å²) in [5.41, 5.74) is 8.60. The normalized spacial score (nSPS) is 18.1. The molecule has 0 bridgehead atoms. The maximum atomic E-state index is 14.1. The standard InChI is InChI=1S/C25H27F3N6O/c1-14(2)35-20-8-5-16-4-7-19(30-22(16)15(20)3)24-32-31-21-9-6-17(12-34(21)24)23(25(26,27)28)33-11-10-18(29)13-33/h4-9,12,14,18,23H,10-11,13,29H2,1-3H3/t18-,23+/m0/s1. The van der Waals surface area contributed by atoms with Crippen LogP contribution in [0, 0.1) is 6.92 Å². The van der Waals surface area contributed by atoms with E-state index in [9.17, 15) is 13.2 Å². The lowest BCUT2D eigenvalue weighted by Gasteiger charge is -2.30. The highest BCUT2D eigenvalue weighted by atomic mass is 19.4. The Bertz CT molecular complexity index is 1380. The third-order valence-electron chi connectivity index (χ3n) is 6.33. The molecule has 1 aliphatic rings. The van der Waals surface area contributed by atoms with Crippen molar-refractivity contribution in [3.05, 3.63) is 53.7 Å². The van der Waals surface area contributed by atoms with Crippen molar-refractivity contribution in [2.75, 3.05) is 13.1 Å². The van der Waals surface area contributed by atoms with Gasteiger partial charge in [-0.15, -0.1) is 10.2 Å². The monoisotopic (exact) mass is 484 g/mol. The number of aryl methyl sites for hydroxylation is 1. The Kier molecular flexibility index (Phi) is 5.88. The lowest BCUT2D eigenvalue weighted by atomic mass is 10.1. The number of halogens is 3. The van der Waals surface area contributed by atoms with Crippen LogP contribution in [0.2, 0.25) is 0 Å². The van der Waals surface area contributed by atoms with Crippen LogP contribution in [0.1, 0.15) is 37.4 Å². The number of aromatic nitrogens is 4. The van der Waals surface area contributed by atoms with Gasteiger partial charge in [0.05, 0.1) is 11.6 Å². The van der Waals surface area contributed by atoms with Crippen LogP contribution >= 0.6 is 0 Å². The van der Waals surface area contributed by atoms with Crippen molar-refractivity contribution in [3.8, 4) is 17.3 Å². The lowest BCUT2D eigenvalue weighted by Crippen LogP contribution is -2.38. The van der Waals surface area contributed by atoms with Gasteiger partial charge >= 0.3 is 6.18 Å². The van der Waals surface area contributed by atoms with Gasteiger partial charge in [0.15, 0.2) is 11.5 Å². The fourth-order valence-electron chi connectivity index (χ4n) is 4.72. The number of nitrogens with zero attached hydrogens (tertiary/aromatic N) is 5. The Balaban J connectivity index is 1.60. The second kappa shape index (κ2) is 8.76. The van der Waals surface area contributed by atoms with E-state index in [0.29, 0.717) is 30.1 Å². The minimum absolute atomic E-state index is 0.0138. The number of hydrogen-bond donors (Lipinski definition) is 1. The molecule has 1 aromatic carbocycles. The molecule has 2 atom stereocenters. The van der Waals surface area contributed by atoms with Gasteiger partial charge in [0, 0.05) is 36.3 Å². The van der Waals surface area contributed by atoms with Gasteiger partial charge in [0.25, 0.3) is 0 Å². The van der Waals surface area contributed by atoms with E-state index < -0.39 is 12.2 Å². The van der Waals surface area contributed by atoms with Gasteiger partial charge in [0.1, 0.15) is 17.5 Å². The zero-order valence-corrected chi connectivity index (χ0v) is 19.8. The molecule has 0 aliphatic carbocycles. The van der Waals surface area contributed by atoms with E-state index in [-0.39, 0.29) is 24.3 Å². The number of benzene rings is 1. The molecule has 0 amide bonds. The Labute approximate surface area is 200 Å². The highest BCUT2D eigenvalue weighted by Gasteiger charge is 2.46. The highest BCUT2D eigenvalue weighted by Crippen LogP contribution is 2.39. The van der Waals surface area contributed by atoms with Crippen LogP contribution < -0.4 is 10.5 Å². The van der Waals surface area contributed by atoms with Crippen LogP contribution in [0.5, 0.6) is 5.75 Å². The number of alkyl halides is 3. The first kappa shape index (κ1) is 23.5. The third kappa shape index (κ3) is 4.43. The molecule has 184 valence electrons. The van der Waals surface area contributed by atoms with Crippen LogP contribution in [0.4, 0.5) is 13.2 Å². The van der Waals surface area contributed by atoms with Gasteiger partial charge in [-0.1, -0.05) is 12.1 Å². The fourth-order valence-corrected chi connectivity index (χ4v) is 4.72. The van der Waals surface area contributed by atoms with E-state index in [4.69, 9.17) is 15.5 Å². The van der Waals surface area contributed by atoms with Crippen molar-refractivity contribution in [1.82, 2.24) is 24.5 Å². The number of rotatable bonds is 5. The van der Waals surface area contributed by atoms with Crippen molar-refractivity contribution < 1.29 is 17.9 Å².